The van der Waals surface area contributed by atoms with Crippen LogP contribution in [0.5, 0.6) is 0 Å². The Morgan fingerprint density at radius 1 is 1.41 bits per heavy atom. The molecule has 27 heavy (non-hydrogen) atoms. The van der Waals surface area contributed by atoms with Gasteiger partial charge in [0.05, 0.1) is 23.9 Å². The minimum absolute atomic E-state index is 0.0102. The number of hydrogen-bond donors (Lipinski definition) is 1. The van der Waals surface area contributed by atoms with Gasteiger partial charge in [-0.25, -0.2) is 0 Å². The summed E-state index contributed by atoms with van der Waals surface area (Å²) in [5.74, 6) is -0.296. The van der Waals surface area contributed by atoms with Gasteiger partial charge in [0.1, 0.15) is 0 Å². The first-order valence-corrected chi connectivity index (χ1v) is 9.20. The van der Waals surface area contributed by atoms with Crippen LogP contribution in [-0.4, -0.2) is 50.4 Å². The van der Waals surface area contributed by atoms with E-state index in [4.69, 9.17) is 0 Å². The fourth-order valence-electron chi connectivity index (χ4n) is 3.27. The monoisotopic (exact) mass is 369 g/mol. The summed E-state index contributed by atoms with van der Waals surface area (Å²) in [4.78, 5) is 32.6. The molecule has 144 valence electrons. The van der Waals surface area contributed by atoms with E-state index in [0.29, 0.717) is 19.6 Å². The number of aromatic amines is 1. The third-order valence-corrected chi connectivity index (χ3v) is 4.84. The molecule has 0 saturated carbocycles. The number of amides is 2. The number of carbonyl (C=O) groups excluding carboxylic acids is 2. The number of likely N-dealkylation sites (tertiary alicyclic amines) is 1. The molecule has 3 rings (SSSR count). The van der Waals surface area contributed by atoms with Crippen LogP contribution in [0.4, 0.5) is 0 Å². The molecular weight excluding hydrogens is 342 g/mol. The highest BCUT2D eigenvalue weighted by Crippen LogP contribution is 2.23. The minimum atomic E-state index is -0.302. The number of rotatable bonds is 5. The molecule has 0 radical (unpaired) electrons. The van der Waals surface area contributed by atoms with Gasteiger partial charge < -0.3 is 9.80 Å². The molecule has 1 aliphatic heterocycles. The van der Waals surface area contributed by atoms with Crippen molar-refractivity contribution in [3.63, 3.8) is 0 Å². The smallest absolute Gasteiger partial charge is 0.228 e. The summed E-state index contributed by atoms with van der Waals surface area (Å²) in [5, 5.41) is 7.35. The fourth-order valence-corrected chi connectivity index (χ4v) is 3.27. The first-order chi connectivity index (χ1) is 12.7. The van der Waals surface area contributed by atoms with E-state index < -0.39 is 0 Å². The van der Waals surface area contributed by atoms with Gasteiger partial charge in [0.15, 0.2) is 0 Å². The molecule has 1 aliphatic rings. The molecule has 2 aromatic rings. The zero-order chi connectivity index (χ0) is 19.6. The van der Waals surface area contributed by atoms with E-state index in [9.17, 15) is 9.59 Å². The number of aromatic nitrogens is 3. The van der Waals surface area contributed by atoms with E-state index in [1.165, 1.54) is 0 Å². The Bertz CT molecular complexity index is 809. The number of hydrogen-bond acceptors (Lipinski definition) is 4. The van der Waals surface area contributed by atoms with Crippen molar-refractivity contribution in [3.05, 3.63) is 47.5 Å². The fraction of sp³-hybridized carbons (Fsp3) is 0.500. The number of H-pyrrole nitrogens is 1. The molecular formula is C20H27N5O2. The molecule has 0 bridgehead atoms. The first-order valence-electron chi connectivity index (χ1n) is 9.20. The van der Waals surface area contributed by atoms with Crippen LogP contribution in [0.25, 0.3) is 0 Å². The molecule has 7 heteroatoms. The molecule has 0 aliphatic carbocycles. The third-order valence-electron chi connectivity index (χ3n) is 4.84. The molecule has 1 N–H and O–H groups in total. The molecule has 0 aromatic carbocycles. The molecule has 2 aromatic heterocycles. The van der Waals surface area contributed by atoms with Gasteiger partial charge in [-0.2, -0.15) is 5.10 Å². The van der Waals surface area contributed by atoms with Crippen molar-refractivity contribution in [2.75, 3.05) is 13.6 Å². The Morgan fingerprint density at radius 3 is 2.81 bits per heavy atom. The molecule has 1 atom stereocenters. The van der Waals surface area contributed by atoms with Gasteiger partial charge in [0.25, 0.3) is 0 Å². The van der Waals surface area contributed by atoms with E-state index in [1.807, 2.05) is 18.2 Å². The van der Waals surface area contributed by atoms with Crippen molar-refractivity contribution in [1.82, 2.24) is 25.0 Å². The highest BCUT2D eigenvalue weighted by atomic mass is 16.2. The largest absolute Gasteiger partial charge is 0.340 e. The van der Waals surface area contributed by atoms with E-state index in [2.05, 4.69) is 36.0 Å². The maximum atomic E-state index is 12.8. The van der Waals surface area contributed by atoms with Gasteiger partial charge in [0.2, 0.25) is 11.8 Å². The highest BCUT2D eigenvalue weighted by Gasteiger charge is 2.35. The molecule has 3 heterocycles. The summed E-state index contributed by atoms with van der Waals surface area (Å²) >= 11 is 0. The van der Waals surface area contributed by atoms with Gasteiger partial charge in [-0.3, -0.25) is 19.7 Å². The molecule has 2 amide bonds. The summed E-state index contributed by atoms with van der Waals surface area (Å²) < 4.78 is 0. The molecule has 1 saturated heterocycles. The van der Waals surface area contributed by atoms with E-state index in [1.54, 1.807) is 29.2 Å². The van der Waals surface area contributed by atoms with Crippen LogP contribution in [-0.2, 0) is 28.1 Å². The topological polar surface area (TPSA) is 82.2 Å². The zero-order valence-electron chi connectivity index (χ0n) is 16.4. The average Bonchev–Trinajstić information content (AvgIpc) is 3.22. The van der Waals surface area contributed by atoms with Crippen LogP contribution in [0, 0.1) is 5.92 Å². The highest BCUT2D eigenvalue weighted by molar-refractivity contribution is 5.89. The van der Waals surface area contributed by atoms with Crippen molar-refractivity contribution in [1.29, 1.82) is 0 Å². The Labute approximate surface area is 159 Å². The van der Waals surface area contributed by atoms with Crippen LogP contribution in [0.2, 0.25) is 0 Å². The normalized spacial score (nSPS) is 17.4. The third kappa shape index (κ3) is 4.53. The summed E-state index contributed by atoms with van der Waals surface area (Å²) in [6.45, 7) is 7.70. The lowest BCUT2D eigenvalue weighted by atomic mass is 9.92. The average molecular weight is 369 g/mol. The summed E-state index contributed by atoms with van der Waals surface area (Å²) in [7, 11) is 1.77. The number of nitrogens with one attached hydrogen (secondary N) is 1. The predicted molar refractivity (Wildman–Crippen MR) is 102 cm³/mol. The SMILES string of the molecule is CN(Cc1cc(C(C)(C)C)n[nH]1)C(=O)C1CC(=O)N(Cc2cccnc2)C1. The Kier molecular flexibility index (Phi) is 5.30. The quantitative estimate of drug-likeness (QED) is 0.875. The predicted octanol–water partition coefficient (Wildman–Crippen LogP) is 2.11. The van der Waals surface area contributed by atoms with Crippen molar-refractivity contribution in [3.8, 4) is 0 Å². The first kappa shape index (κ1) is 19.1. The van der Waals surface area contributed by atoms with Gasteiger partial charge in [-0.05, 0) is 17.7 Å². The van der Waals surface area contributed by atoms with Crippen LogP contribution in [0.1, 0.15) is 44.1 Å². The maximum Gasteiger partial charge on any atom is 0.228 e. The Hall–Kier alpha value is -2.70. The minimum Gasteiger partial charge on any atom is -0.340 e. The molecule has 0 spiro atoms. The standard InChI is InChI=1S/C20H27N5O2/c1-20(2,3)17-9-16(22-23-17)13-24(4)19(27)15-8-18(26)25(12-15)11-14-6-5-7-21-10-14/h5-7,9-10,15H,8,11-13H2,1-4H3,(H,22,23). The summed E-state index contributed by atoms with van der Waals surface area (Å²) in [6.07, 6.45) is 3.72. The Balaban J connectivity index is 1.59. The second-order valence-electron chi connectivity index (χ2n) is 8.26. The second-order valence-corrected chi connectivity index (χ2v) is 8.26. The van der Waals surface area contributed by atoms with Crippen LogP contribution < -0.4 is 0 Å². The van der Waals surface area contributed by atoms with Gasteiger partial charge in [-0.1, -0.05) is 26.8 Å². The van der Waals surface area contributed by atoms with Crippen molar-refractivity contribution < 1.29 is 9.59 Å². The van der Waals surface area contributed by atoms with Gasteiger partial charge in [0, 0.05) is 44.4 Å². The lowest BCUT2D eigenvalue weighted by Crippen LogP contribution is -2.34. The van der Waals surface area contributed by atoms with E-state index in [0.717, 1.165) is 17.0 Å². The summed E-state index contributed by atoms with van der Waals surface area (Å²) in [5.41, 5.74) is 2.80. The van der Waals surface area contributed by atoms with E-state index in [-0.39, 0.29) is 29.6 Å². The molecule has 1 unspecified atom stereocenters. The second kappa shape index (κ2) is 7.50. The van der Waals surface area contributed by atoms with Crippen LogP contribution >= 0.6 is 0 Å². The van der Waals surface area contributed by atoms with Gasteiger partial charge in [-0.15, -0.1) is 0 Å². The van der Waals surface area contributed by atoms with Crippen molar-refractivity contribution in [2.24, 2.45) is 5.92 Å². The van der Waals surface area contributed by atoms with E-state index >= 15 is 0 Å². The lowest BCUT2D eigenvalue weighted by molar-refractivity contribution is -0.135. The molecule has 7 nitrogen and oxygen atoms in total. The van der Waals surface area contributed by atoms with Crippen molar-refractivity contribution >= 4 is 11.8 Å². The number of pyridine rings is 1. The van der Waals surface area contributed by atoms with Crippen molar-refractivity contribution in [2.45, 2.75) is 45.7 Å². The van der Waals surface area contributed by atoms with Gasteiger partial charge >= 0.3 is 0 Å². The number of carbonyl (C=O) groups is 2. The Morgan fingerprint density at radius 2 is 2.19 bits per heavy atom. The molecule has 1 fully saturated rings. The zero-order valence-corrected chi connectivity index (χ0v) is 16.4. The summed E-state index contributed by atoms with van der Waals surface area (Å²) in [6, 6.07) is 5.79. The maximum absolute atomic E-state index is 12.8. The van der Waals surface area contributed by atoms with Crippen LogP contribution in [0.15, 0.2) is 30.6 Å². The lowest BCUT2D eigenvalue weighted by Gasteiger charge is -2.21. The van der Waals surface area contributed by atoms with Crippen LogP contribution in [0.3, 0.4) is 0 Å². The number of nitrogens with zero attached hydrogens (tertiary/aromatic N) is 4.